The van der Waals surface area contributed by atoms with Crippen LogP contribution in [0, 0.1) is 11.3 Å². The molecule has 2 heterocycles. The highest BCUT2D eigenvalue weighted by molar-refractivity contribution is 5.52. The number of hydrogen-bond donors (Lipinski definition) is 0. The van der Waals surface area contributed by atoms with Crippen LogP contribution in [0.15, 0.2) is 48.8 Å². The Morgan fingerprint density at radius 3 is 2.89 bits per heavy atom. The third-order valence-electron chi connectivity index (χ3n) is 2.54. The molecule has 3 rings (SSSR count). The molecule has 0 atom stereocenters. The second-order valence-electron chi connectivity index (χ2n) is 3.81. The summed E-state index contributed by atoms with van der Waals surface area (Å²) >= 11 is 0. The van der Waals surface area contributed by atoms with Gasteiger partial charge in [0.2, 0.25) is 5.82 Å². The zero-order valence-corrected chi connectivity index (χ0v) is 9.80. The van der Waals surface area contributed by atoms with Crippen LogP contribution >= 0.6 is 0 Å². The molecule has 0 aliphatic rings. The van der Waals surface area contributed by atoms with Gasteiger partial charge in [-0.3, -0.25) is 4.98 Å². The van der Waals surface area contributed by atoms with Gasteiger partial charge in [0.1, 0.15) is 0 Å². The van der Waals surface area contributed by atoms with Crippen LogP contribution in [0.25, 0.3) is 17.1 Å². The summed E-state index contributed by atoms with van der Waals surface area (Å²) in [6, 6.07) is 12.8. The maximum absolute atomic E-state index is 8.87. The number of hydrogen-bond acceptors (Lipinski definition) is 5. The molecule has 0 fully saturated rings. The molecule has 3 aromatic rings. The van der Waals surface area contributed by atoms with Crippen molar-refractivity contribution in [2.45, 2.75) is 0 Å². The van der Waals surface area contributed by atoms with Crippen molar-refractivity contribution in [2.75, 3.05) is 0 Å². The van der Waals surface area contributed by atoms with E-state index in [0.29, 0.717) is 17.1 Å². The molecule has 6 nitrogen and oxygen atoms in total. The Morgan fingerprint density at radius 2 is 2.11 bits per heavy atom. The first-order valence-electron chi connectivity index (χ1n) is 5.58. The molecule has 19 heavy (non-hydrogen) atoms. The molecular weight excluding hydrogens is 240 g/mol. The molecular formula is C13H8N6. The van der Waals surface area contributed by atoms with E-state index in [1.807, 2.05) is 18.2 Å². The van der Waals surface area contributed by atoms with Gasteiger partial charge in [-0.25, -0.2) is 0 Å². The molecule has 0 saturated carbocycles. The van der Waals surface area contributed by atoms with Crippen LogP contribution in [-0.2, 0) is 0 Å². The molecule has 0 saturated heterocycles. The Kier molecular flexibility index (Phi) is 2.71. The van der Waals surface area contributed by atoms with Gasteiger partial charge in [0.15, 0.2) is 0 Å². The summed E-state index contributed by atoms with van der Waals surface area (Å²) in [6.45, 7) is 0. The smallest absolute Gasteiger partial charge is 0.206 e. The lowest BCUT2D eigenvalue weighted by molar-refractivity contribution is 0.720. The van der Waals surface area contributed by atoms with Gasteiger partial charge in [-0.2, -0.15) is 5.26 Å². The predicted molar refractivity (Wildman–Crippen MR) is 67.1 cm³/mol. The van der Waals surface area contributed by atoms with Gasteiger partial charge in [0.25, 0.3) is 0 Å². The van der Waals surface area contributed by atoms with E-state index in [1.54, 1.807) is 30.6 Å². The Hall–Kier alpha value is -3.07. The largest absolute Gasteiger partial charge is 0.264 e. The summed E-state index contributed by atoms with van der Waals surface area (Å²) in [5, 5.41) is 21.1. The summed E-state index contributed by atoms with van der Waals surface area (Å²) < 4.78 is 0. The fourth-order valence-corrected chi connectivity index (χ4v) is 1.63. The first kappa shape index (κ1) is 11.0. The maximum Gasteiger partial charge on any atom is 0.206 e. The molecule has 0 amide bonds. The number of rotatable bonds is 2. The van der Waals surface area contributed by atoms with Crippen molar-refractivity contribution < 1.29 is 0 Å². The lowest BCUT2D eigenvalue weighted by Gasteiger charge is -1.97. The minimum absolute atomic E-state index is 0.496. The highest BCUT2D eigenvalue weighted by atomic mass is 15.6. The highest BCUT2D eigenvalue weighted by Gasteiger charge is 2.07. The van der Waals surface area contributed by atoms with Gasteiger partial charge in [-0.15, -0.1) is 15.0 Å². The van der Waals surface area contributed by atoms with Gasteiger partial charge in [-0.05, 0) is 35.5 Å². The van der Waals surface area contributed by atoms with Crippen LogP contribution in [0.2, 0.25) is 0 Å². The van der Waals surface area contributed by atoms with E-state index in [9.17, 15) is 0 Å². The summed E-state index contributed by atoms with van der Waals surface area (Å²) in [5.41, 5.74) is 2.05. The average Bonchev–Trinajstić information content (AvgIpc) is 2.98. The zero-order chi connectivity index (χ0) is 13.1. The van der Waals surface area contributed by atoms with Gasteiger partial charge < -0.3 is 0 Å². The van der Waals surface area contributed by atoms with E-state index in [1.165, 1.54) is 4.80 Å². The van der Waals surface area contributed by atoms with Crippen LogP contribution < -0.4 is 0 Å². The van der Waals surface area contributed by atoms with Gasteiger partial charge in [0.05, 0.1) is 17.3 Å². The first-order valence-corrected chi connectivity index (χ1v) is 5.58. The minimum atomic E-state index is 0.496. The number of benzene rings is 1. The number of pyridine rings is 1. The zero-order valence-electron chi connectivity index (χ0n) is 9.80. The Labute approximate surface area is 109 Å². The van der Waals surface area contributed by atoms with Gasteiger partial charge in [0, 0.05) is 18.0 Å². The van der Waals surface area contributed by atoms with Crippen molar-refractivity contribution in [2.24, 2.45) is 0 Å². The topological polar surface area (TPSA) is 80.3 Å². The fourth-order valence-electron chi connectivity index (χ4n) is 1.63. The number of nitriles is 1. The quantitative estimate of drug-likeness (QED) is 0.688. The lowest BCUT2D eigenvalue weighted by atomic mass is 10.2. The normalized spacial score (nSPS) is 10.1. The molecule has 0 radical (unpaired) electrons. The lowest BCUT2D eigenvalue weighted by Crippen LogP contribution is -1.99. The van der Waals surface area contributed by atoms with E-state index in [2.05, 4.69) is 26.5 Å². The van der Waals surface area contributed by atoms with Crippen LogP contribution in [0.3, 0.4) is 0 Å². The van der Waals surface area contributed by atoms with Gasteiger partial charge >= 0.3 is 0 Å². The second kappa shape index (κ2) is 4.66. The van der Waals surface area contributed by atoms with E-state index in [0.717, 1.165) is 5.56 Å². The summed E-state index contributed by atoms with van der Waals surface area (Å²) in [4.78, 5) is 5.40. The van der Waals surface area contributed by atoms with E-state index >= 15 is 0 Å². The predicted octanol–water partition coefficient (Wildman–Crippen LogP) is 1.60. The third kappa shape index (κ3) is 2.17. The molecule has 0 N–H and O–H groups in total. The van der Waals surface area contributed by atoms with Crippen molar-refractivity contribution in [1.29, 1.82) is 5.26 Å². The molecule has 90 valence electrons. The van der Waals surface area contributed by atoms with Crippen LogP contribution in [-0.4, -0.2) is 25.2 Å². The molecule has 0 bridgehead atoms. The van der Waals surface area contributed by atoms with Crippen LogP contribution in [0.1, 0.15) is 5.56 Å². The number of tetrazole rings is 1. The molecule has 6 heteroatoms. The number of nitrogens with zero attached hydrogens (tertiary/aromatic N) is 6. The molecule has 2 aromatic heterocycles. The Morgan fingerprint density at radius 1 is 1.16 bits per heavy atom. The second-order valence-corrected chi connectivity index (χ2v) is 3.81. The number of aromatic nitrogens is 5. The monoisotopic (exact) mass is 248 g/mol. The van der Waals surface area contributed by atoms with Crippen molar-refractivity contribution in [3.05, 3.63) is 54.4 Å². The molecule has 0 unspecified atom stereocenters. The van der Waals surface area contributed by atoms with E-state index in [4.69, 9.17) is 5.26 Å². The van der Waals surface area contributed by atoms with Crippen molar-refractivity contribution in [3.63, 3.8) is 0 Å². The summed E-state index contributed by atoms with van der Waals surface area (Å²) in [7, 11) is 0. The molecule has 0 aliphatic heterocycles. The summed E-state index contributed by atoms with van der Waals surface area (Å²) in [5.74, 6) is 0.496. The third-order valence-corrected chi connectivity index (χ3v) is 2.54. The van der Waals surface area contributed by atoms with Crippen molar-refractivity contribution >= 4 is 0 Å². The van der Waals surface area contributed by atoms with Crippen molar-refractivity contribution in [1.82, 2.24) is 25.2 Å². The van der Waals surface area contributed by atoms with Gasteiger partial charge in [-0.1, -0.05) is 6.07 Å². The average molecular weight is 248 g/mol. The SMILES string of the molecule is N#Cc1cccc(-n2nnc(-c3cccnc3)n2)c1. The summed E-state index contributed by atoms with van der Waals surface area (Å²) in [6.07, 6.45) is 3.36. The van der Waals surface area contributed by atoms with Crippen LogP contribution in [0.4, 0.5) is 0 Å². The Bertz CT molecular complexity index is 741. The fraction of sp³-hybridized carbons (Fsp3) is 0. The minimum Gasteiger partial charge on any atom is -0.264 e. The van der Waals surface area contributed by atoms with E-state index < -0.39 is 0 Å². The maximum atomic E-state index is 8.87. The standard InChI is InChI=1S/C13H8N6/c14-8-10-3-1-5-12(7-10)19-17-13(16-18-19)11-4-2-6-15-9-11/h1-7,9H. The van der Waals surface area contributed by atoms with E-state index in [-0.39, 0.29) is 0 Å². The highest BCUT2D eigenvalue weighted by Crippen LogP contribution is 2.13. The van der Waals surface area contributed by atoms with Crippen LogP contribution in [0.5, 0.6) is 0 Å². The van der Waals surface area contributed by atoms with Crippen molar-refractivity contribution in [3.8, 4) is 23.1 Å². The Balaban J connectivity index is 2.00. The molecule has 1 aromatic carbocycles. The molecule has 0 spiro atoms. The first-order chi connectivity index (χ1) is 9.36. The molecule has 0 aliphatic carbocycles.